The lowest BCUT2D eigenvalue weighted by Crippen LogP contribution is -2.43. The highest BCUT2D eigenvalue weighted by molar-refractivity contribution is 5.02. The molecule has 96 valence electrons. The molecule has 5 nitrogen and oxygen atoms in total. The van der Waals surface area contributed by atoms with Gasteiger partial charge in [0.2, 0.25) is 0 Å². The van der Waals surface area contributed by atoms with E-state index in [2.05, 4.69) is 36.2 Å². The average molecular weight is 239 g/mol. The van der Waals surface area contributed by atoms with Crippen LogP contribution in [0.25, 0.3) is 0 Å². The summed E-state index contributed by atoms with van der Waals surface area (Å²) in [7, 11) is 0. The van der Waals surface area contributed by atoms with E-state index in [0.29, 0.717) is 24.7 Å². The van der Waals surface area contributed by atoms with Crippen LogP contribution in [0.4, 0.5) is 0 Å². The number of aliphatic hydroxyl groups is 1. The molecule has 1 aromatic heterocycles. The maximum atomic E-state index is 10.4. The number of hydrogen-bond donors (Lipinski definition) is 2. The molecule has 2 rings (SSSR count). The van der Waals surface area contributed by atoms with Gasteiger partial charge in [-0.05, 0) is 24.8 Å². The molecule has 1 saturated heterocycles. The van der Waals surface area contributed by atoms with Crippen molar-refractivity contribution in [1.82, 2.24) is 15.5 Å². The average Bonchev–Trinajstić information content (AvgIpc) is 2.65. The van der Waals surface area contributed by atoms with Crippen molar-refractivity contribution in [1.29, 1.82) is 0 Å². The molecule has 1 fully saturated rings. The highest BCUT2D eigenvalue weighted by Crippen LogP contribution is 2.28. The van der Waals surface area contributed by atoms with Crippen LogP contribution in [0.5, 0.6) is 0 Å². The first-order valence-corrected chi connectivity index (χ1v) is 6.15. The molecule has 1 atom stereocenters. The second kappa shape index (κ2) is 4.38. The standard InChI is InChI=1S/C12H21N3O2/c1-11(2,3)7-9-14-10(17-15-9)12(16)5-4-6-13-8-12/h13,16H,4-8H2,1-3H3. The molecule has 5 heteroatoms. The summed E-state index contributed by atoms with van der Waals surface area (Å²) in [5.41, 5.74) is -0.865. The zero-order chi connectivity index (χ0) is 12.5. The van der Waals surface area contributed by atoms with Crippen LogP contribution in [0.1, 0.15) is 45.3 Å². The number of hydrogen-bond acceptors (Lipinski definition) is 5. The topological polar surface area (TPSA) is 71.2 Å². The van der Waals surface area contributed by atoms with Crippen LogP contribution in [0.15, 0.2) is 4.52 Å². The minimum absolute atomic E-state index is 0.120. The number of aromatic nitrogens is 2. The van der Waals surface area contributed by atoms with Crippen LogP contribution in [-0.4, -0.2) is 28.3 Å². The summed E-state index contributed by atoms with van der Waals surface area (Å²) in [6.45, 7) is 7.80. The first-order valence-electron chi connectivity index (χ1n) is 6.15. The van der Waals surface area contributed by atoms with Crippen molar-refractivity contribution in [2.45, 2.75) is 45.6 Å². The van der Waals surface area contributed by atoms with E-state index in [9.17, 15) is 5.11 Å². The molecule has 17 heavy (non-hydrogen) atoms. The molecule has 0 radical (unpaired) electrons. The Hall–Kier alpha value is -0.940. The van der Waals surface area contributed by atoms with Gasteiger partial charge in [-0.1, -0.05) is 25.9 Å². The van der Waals surface area contributed by atoms with Gasteiger partial charge in [-0.3, -0.25) is 0 Å². The van der Waals surface area contributed by atoms with Crippen molar-refractivity contribution in [3.63, 3.8) is 0 Å². The monoisotopic (exact) mass is 239 g/mol. The van der Waals surface area contributed by atoms with Crippen LogP contribution in [0, 0.1) is 5.41 Å². The zero-order valence-corrected chi connectivity index (χ0v) is 10.8. The molecule has 1 aliphatic rings. The molecule has 2 N–H and O–H groups in total. The van der Waals surface area contributed by atoms with Crippen LogP contribution in [-0.2, 0) is 12.0 Å². The fraction of sp³-hybridized carbons (Fsp3) is 0.833. The molecule has 1 aromatic rings. The van der Waals surface area contributed by atoms with E-state index in [1.165, 1.54) is 0 Å². The largest absolute Gasteiger partial charge is 0.379 e. The SMILES string of the molecule is CC(C)(C)Cc1noc(C2(O)CCCNC2)n1. The van der Waals surface area contributed by atoms with E-state index < -0.39 is 5.60 Å². The zero-order valence-electron chi connectivity index (χ0n) is 10.8. The van der Waals surface area contributed by atoms with Crippen molar-refractivity contribution in [3.05, 3.63) is 11.7 Å². The van der Waals surface area contributed by atoms with E-state index >= 15 is 0 Å². The van der Waals surface area contributed by atoms with Crippen LogP contribution in [0.3, 0.4) is 0 Å². The highest BCUT2D eigenvalue weighted by Gasteiger charge is 2.37. The lowest BCUT2D eigenvalue weighted by molar-refractivity contribution is -0.0167. The number of rotatable bonds is 2. The molecule has 1 unspecified atom stereocenters. The Morgan fingerprint density at radius 1 is 1.47 bits per heavy atom. The maximum absolute atomic E-state index is 10.4. The fourth-order valence-corrected chi connectivity index (χ4v) is 2.06. The van der Waals surface area contributed by atoms with Gasteiger partial charge >= 0.3 is 0 Å². The minimum Gasteiger partial charge on any atom is -0.379 e. The summed E-state index contributed by atoms with van der Waals surface area (Å²) in [6, 6.07) is 0. The quantitative estimate of drug-likeness (QED) is 0.812. The van der Waals surface area contributed by atoms with Gasteiger partial charge in [0.15, 0.2) is 11.4 Å². The number of nitrogens with one attached hydrogen (secondary N) is 1. The van der Waals surface area contributed by atoms with E-state index in [4.69, 9.17) is 4.52 Å². The molecule has 0 aromatic carbocycles. The highest BCUT2D eigenvalue weighted by atomic mass is 16.5. The number of nitrogens with zero attached hydrogens (tertiary/aromatic N) is 2. The van der Waals surface area contributed by atoms with Crippen LogP contribution >= 0.6 is 0 Å². The van der Waals surface area contributed by atoms with Crippen molar-refractivity contribution >= 4 is 0 Å². The Morgan fingerprint density at radius 3 is 2.82 bits per heavy atom. The molecule has 1 aliphatic heterocycles. The molecular weight excluding hydrogens is 218 g/mol. The van der Waals surface area contributed by atoms with E-state index in [1.54, 1.807) is 0 Å². The second-order valence-corrected chi connectivity index (χ2v) is 6.07. The lowest BCUT2D eigenvalue weighted by atomic mass is 9.92. The summed E-state index contributed by atoms with van der Waals surface area (Å²) in [5.74, 6) is 1.02. The van der Waals surface area contributed by atoms with Crippen molar-refractivity contribution in [3.8, 4) is 0 Å². The molecule has 0 spiro atoms. The third-order valence-electron chi connectivity index (χ3n) is 2.92. The molecule has 2 heterocycles. The number of piperidine rings is 1. The normalized spacial score (nSPS) is 26.1. The van der Waals surface area contributed by atoms with E-state index in [0.717, 1.165) is 19.4 Å². The Morgan fingerprint density at radius 2 is 2.24 bits per heavy atom. The predicted molar refractivity (Wildman–Crippen MR) is 63.5 cm³/mol. The predicted octanol–water partition coefficient (Wildman–Crippen LogP) is 1.23. The maximum Gasteiger partial charge on any atom is 0.259 e. The van der Waals surface area contributed by atoms with Gasteiger partial charge in [0.1, 0.15) is 0 Å². The lowest BCUT2D eigenvalue weighted by Gasteiger charge is -2.28. The first kappa shape index (κ1) is 12.5. The molecule has 0 saturated carbocycles. The molecule has 0 bridgehead atoms. The Labute approximate surface area is 102 Å². The van der Waals surface area contributed by atoms with Gasteiger partial charge in [0.25, 0.3) is 5.89 Å². The molecular formula is C12H21N3O2. The van der Waals surface area contributed by atoms with Crippen LogP contribution < -0.4 is 5.32 Å². The summed E-state index contributed by atoms with van der Waals surface area (Å²) in [5, 5.41) is 17.5. The van der Waals surface area contributed by atoms with Gasteiger partial charge in [-0.15, -0.1) is 0 Å². The third-order valence-corrected chi connectivity index (χ3v) is 2.92. The minimum atomic E-state index is -0.985. The Kier molecular flexibility index (Phi) is 3.23. The second-order valence-electron chi connectivity index (χ2n) is 6.07. The fourth-order valence-electron chi connectivity index (χ4n) is 2.06. The van der Waals surface area contributed by atoms with Crippen molar-refractivity contribution in [2.75, 3.05) is 13.1 Å². The smallest absolute Gasteiger partial charge is 0.259 e. The third kappa shape index (κ3) is 3.04. The van der Waals surface area contributed by atoms with Gasteiger partial charge in [0.05, 0.1) is 0 Å². The summed E-state index contributed by atoms with van der Waals surface area (Å²) in [4.78, 5) is 4.32. The number of β-amino-alcohol motifs (C(OH)–C–C–N with tert-alkyl or cyclic N) is 1. The van der Waals surface area contributed by atoms with Gasteiger partial charge in [-0.25, -0.2) is 0 Å². The molecule has 0 aliphatic carbocycles. The van der Waals surface area contributed by atoms with Crippen molar-refractivity contribution in [2.24, 2.45) is 5.41 Å². The van der Waals surface area contributed by atoms with Crippen LogP contribution in [0.2, 0.25) is 0 Å². The molecule has 0 amide bonds. The van der Waals surface area contributed by atoms with E-state index in [-0.39, 0.29) is 5.41 Å². The van der Waals surface area contributed by atoms with Gasteiger partial charge in [-0.2, -0.15) is 4.98 Å². The summed E-state index contributed by atoms with van der Waals surface area (Å²) >= 11 is 0. The Bertz CT molecular complexity index is 375. The first-order chi connectivity index (χ1) is 7.89. The van der Waals surface area contributed by atoms with Gasteiger partial charge < -0.3 is 14.9 Å². The summed E-state index contributed by atoms with van der Waals surface area (Å²) < 4.78 is 5.20. The van der Waals surface area contributed by atoms with Crippen molar-refractivity contribution < 1.29 is 9.63 Å². The summed E-state index contributed by atoms with van der Waals surface area (Å²) in [6.07, 6.45) is 2.35. The van der Waals surface area contributed by atoms with E-state index in [1.807, 2.05) is 0 Å². The Balaban J connectivity index is 2.12. The van der Waals surface area contributed by atoms with Gasteiger partial charge in [0, 0.05) is 13.0 Å².